The molecule has 5 nitrogen and oxygen atoms in total. The molecule has 30 heavy (non-hydrogen) atoms. The molecule has 0 saturated carbocycles. The molecule has 1 unspecified atom stereocenters. The number of nitrogens with two attached hydrogens (primary N) is 1. The summed E-state index contributed by atoms with van der Waals surface area (Å²) in [4.78, 5) is 26.7. The number of hydrogen-bond donors (Lipinski definition) is 1. The lowest BCUT2D eigenvalue weighted by molar-refractivity contribution is 0.0628. The summed E-state index contributed by atoms with van der Waals surface area (Å²) in [5.41, 5.74) is 6.93. The maximum atomic E-state index is 14.2. The lowest BCUT2D eigenvalue weighted by Gasteiger charge is -2.29. The van der Waals surface area contributed by atoms with E-state index in [0.717, 1.165) is 6.07 Å². The third-order valence-electron chi connectivity index (χ3n) is 5.06. The van der Waals surface area contributed by atoms with Crippen LogP contribution in [-0.2, 0) is 6.54 Å². The largest absolute Gasteiger partial charge is 0.488 e. The van der Waals surface area contributed by atoms with Crippen LogP contribution in [0.4, 0.5) is 8.78 Å². The number of rotatable bonds is 5. The van der Waals surface area contributed by atoms with Gasteiger partial charge in [-0.1, -0.05) is 36.4 Å². The minimum atomic E-state index is -0.822. The van der Waals surface area contributed by atoms with E-state index in [9.17, 15) is 18.4 Å². The Kier molecular flexibility index (Phi) is 5.18. The lowest BCUT2D eigenvalue weighted by atomic mass is 10.0. The van der Waals surface area contributed by atoms with Crippen molar-refractivity contribution in [2.24, 2.45) is 5.73 Å². The van der Waals surface area contributed by atoms with Gasteiger partial charge in [0.15, 0.2) is 11.6 Å². The van der Waals surface area contributed by atoms with Crippen molar-refractivity contribution >= 4 is 11.8 Å². The zero-order chi connectivity index (χ0) is 21.3. The van der Waals surface area contributed by atoms with Gasteiger partial charge in [0.25, 0.3) is 5.91 Å². The molecule has 1 atom stereocenters. The summed E-state index contributed by atoms with van der Waals surface area (Å²) < 4.78 is 33.6. The number of halogens is 2. The molecule has 0 aromatic heterocycles. The third kappa shape index (κ3) is 3.61. The van der Waals surface area contributed by atoms with Crippen molar-refractivity contribution in [3.63, 3.8) is 0 Å². The average molecular weight is 408 g/mol. The highest BCUT2D eigenvalue weighted by atomic mass is 19.1. The highest BCUT2D eigenvalue weighted by Gasteiger charge is 2.36. The number of ether oxygens (including phenoxy) is 1. The Morgan fingerprint density at radius 3 is 2.47 bits per heavy atom. The molecule has 2 amide bonds. The monoisotopic (exact) mass is 408 g/mol. The summed E-state index contributed by atoms with van der Waals surface area (Å²) in [6.07, 6.45) is 0. The van der Waals surface area contributed by atoms with Crippen molar-refractivity contribution in [1.82, 2.24) is 4.90 Å². The molecule has 1 heterocycles. The number of fused-ring (bicyclic) bond motifs is 1. The minimum absolute atomic E-state index is 0.0123. The molecule has 152 valence electrons. The molecule has 0 bridgehead atoms. The van der Waals surface area contributed by atoms with Crippen LogP contribution in [0.3, 0.4) is 0 Å². The van der Waals surface area contributed by atoms with E-state index in [2.05, 4.69) is 0 Å². The van der Waals surface area contributed by atoms with Crippen molar-refractivity contribution in [1.29, 1.82) is 0 Å². The van der Waals surface area contributed by atoms with Gasteiger partial charge in [-0.25, -0.2) is 8.78 Å². The van der Waals surface area contributed by atoms with E-state index >= 15 is 0 Å². The summed E-state index contributed by atoms with van der Waals surface area (Å²) >= 11 is 0. The van der Waals surface area contributed by atoms with Crippen molar-refractivity contribution < 1.29 is 23.1 Å². The van der Waals surface area contributed by atoms with Crippen LogP contribution in [0.2, 0.25) is 0 Å². The Balaban J connectivity index is 1.79. The van der Waals surface area contributed by atoms with E-state index in [-0.39, 0.29) is 35.9 Å². The number of carbonyl (C=O) groups excluding carboxylic acids is 2. The fourth-order valence-corrected chi connectivity index (χ4v) is 3.64. The molecular weight excluding hydrogens is 390 g/mol. The van der Waals surface area contributed by atoms with Gasteiger partial charge in [0.05, 0.1) is 6.04 Å². The summed E-state index contributed by atoms with van der Waals surface area (Å²) in [7, 11) is 0. The van der Waals surface area contributed by atoms with Crippen LogP contribution in [-0.4, -0.2) is 23.3 Å². The molecule has 0 spiro atoms. The van der Waals surface area contributed by atoms with Crippen molar-refractivity contribution in [2.75, 3.05) is 6.61 Å². The minimum Gasteiger partial charge on any atom is -0.488 e. The number of primary amides is 1. The first-order valence-electron chi connectivity index (χ1n) is 9.31. The number of hydrogen-bond acceptors (Lipinski definition) is 3. The Morgan fingerprint density at radius 2 is 1.73 bits per heavy atom. The summed E-state index contributed by atoms with van der Waals surface area (Å²) in [5, 5.41) is 0. The Labute approximate surface area is 171 Å². The highest BCUT2D eigenvalue weighted by Crippen LogP contribution is 2.40. The molecule has 1 aliphatic heterocycles. The van der Waals surface area contributed by atoms with Crippen LogP contribution in [0.5, 0.6) is 5.75 Å². The zero-order valence-electron chi connectivity index (χ0n) is 15.8. The van der Waals surface area contributed by atoms with Crippen LogP contribution >= 0.6 is 0 Å². The maximum Gasteiger partial charge on any atom is 0.254 e. The van der Waals surface area contributed by atoms with E-state index in [0.29, 0.717) is 11.1 Å². The number of carbonyl (C=O) groups is 2. The van der Waals surface area contributed by atoms with Gasteiger partial charge in [-0.05, 0) is 29.8 Å². The van der Waals surface area contributed by atoms with E-state index in [1.165, 1.54) is 11.0 Å². The smallest absolute Gasteiger partial charge is 0.254 e. The molecule has 3 aromatic carbocycles. The van der Waals surface area contributed by atoms with Gasteiger partial charge in [-0.2, -0.15) is 0 Å². The molecule has 0 saturated heterocycles. The van der Waals surface area contributed by atoms with E-state index in [1.807, 2.05) is 0 Å². The third-order valence-corrected chi connectivity index (χ3v) is 5.06. The van der Waals surface area contributed by atoms with E-state index in [4.69, 9.17) is 10.5 Å². The van der Waals surface area contributed by atoms with Gasteiger partial charge < -0.3 is 15.4 Å². The topological polar surface area (TPSA) is 72.6 Å². The zero-order valence-corrected chi connectivity index (χ0v) is 15.8. The second kappa shape index (κ2) is 7.94. The molecule has 2 N–H and O–H groups in total. The van der Waals surface area contributed by atoms with Crippen molar-refractivity contribution in [3.8, 4) is 5.75 Å². The van der Waals surface area contributed by atoms with Crippen LogP contribution in [0.25, 0.3) is 0 Å². The van der Waals surface area contributed by atoms with Crippen LogP contribution in [0, 0.1) is 11.6 Å². The van der Waals surface area contributed by atoms with Crippen molar-refractivity contribution in [2.45, 2.75) is 12.6 Å². The van der Waals surface area contributed by atoms with Crippen LogP contribution < -0.4 is 10.5 Å². The number of nitrogens with zero attached hydrogens (tertiary/aromatic N) is 1. The van der Waals surface area contributed by atoms with E-state index < -0.39 is 23.6 Å². The highest BCUT2D eigenvalue weighted by molar-refractivity contribution is 5.96. The molecule has 0 radical (unpaired) electrons. The molecule has 1 aliphatic rings. The van der Waals surface area contributed by atoms with Gasteiger partial charge in [-0.15, -0.1) is 0 Å². The van der Waals surface area contributed by atoms with Gasteiger partial charge in [0.1, 0.15) is 12.4 Å². The predicted molar refractivity (Wildman–Crippen MR) is 106 cm³/mol. The SMILES string of the molecule is NC(=O)c1ccccc1CN(C(=O)c1ccccc1)C1COc2c(F)cc(F)cc21. The summed E-state index contributed by atoms with van der Waals surface area (Å²) in [6, 6.07) is 16.4. The summed E-state index contributed by atoms with van der Waals surface area (Å²) in [5.74, 6) is -2.64. The van der Waals surface area contributed by atoms with Gasteiger partial charge in [0, 0.05) is 29.3 Å². The Bertz CT molecular complexity index is 1120. The fraction of sp³-hybridized carbons (Fsp3) is 0.130. The second-order valence-corrected chi connectivity index (χ2v) is 6.95. The van der Waals surface area contributed by atoms with Crippen molar-refractivity contribution in [3.05, 3.63) is 101 Å². The molecule has 7 heteroatoms. The normalized spacial score (nSPS) is 14.7. The molecule has 4 rings (SSSR count). The fourth-order valence-electron chi connectivity index (χ4n) is 3.64. The van der Waals surface area contributed by atoms with Gasteiger partial charge >= 0.3 is 0 Å². The van der Waals surface area contributed by atoms with Crippen LogP contribution in [0.15, 0.2) is 66.7 Å². The first-order chi connectivity index (χ1) is 14.5. The van der Waals surface area contributed by atoms with Gasteiger partial charge in [-0.3, -0.25) is 9.59 Å². The molecule has 0 fully saturated rings. The molecular formula is C23H18F2N2O3. The molecule has 0 aliphatic carbocycles. The standard InChI is InChI=1S/C23H18F2N2O3/c24-16-10-18-20(13-30-21(18)19(25)11-16)27(23(29)14-6-2-1-3-7-14)12-15-8-4-5-9-17(15)22(26)28/h1-11,20H,12-13H2,(H2,26,28). The predicted octanol–water partition coefficient (Wildman–Crippen LogP) is 3.84. The lowest BCUT2D eigenvalue weighted by Crippen LogP contribution is -2.36. The quantitative estimate of drug-likeness (QED) is 0.697. The van der Waals surface area contributed by atoms with Gasteiger partial charge in [0.2, 0.25) is 5.91 Å². The molecule has 3 aromatic rings. The maximum absolute atomic E-state index is 14.2. The van der Waals surface area contributed by atoms with E-state index in [1.54, 1.807) is 54.6 Å². The first-order valence-corrected chi connectivity index (χ1v) is 9.31. The Hall–Kier alpha value is -3.74. The Morgan fingerprint density at radius 1 is 1.03 bits per heavy atom. The van der Waals surface area contributed by atoms with Crippen LogP contribution in [0.1, 0.15) is 37.9 Å². The summed E-state index contributed by atoms with van der Waals surface area (Å²) in [6.45, 7) is -0.0224. The second-order valence-electron chi connectivity index (χ2n) is 6.95. The average Bonchev–Trinajstić information content (AvgIpc) is 3.16. The first kappa shape index (κ1) is 19.6. The number of amides is 2. The number of benzene rings is 3.